The number of aryl methyl sites for hydroxylation is 1. The zero-order chi connectivity index (χ0) is 21.1. The monoisotopic (exact) mass is 465 g/mol. The molecule has 0 atom stereocenters. The highest BCUT2D eigenvalue weighted by atomic mass is 32.2. The number of hydrogen-bond acceptors (Lipinski definition) is 9. The highest BCUT2D eigenvalue weighted by Gasteiger charge is 2.27. The van der Waals surface area contributed by atoms with E-state index in [1.807, 2.05) is 0 Å². The minimum absolute atomic E-state index is 0.233. The lowest BCUT2D eigenvalue weighted by atomic mass is 10.3. The summed E-state index contributed by atoms with van der Waals surface area (Å²) in [6.07, 6.45) is 3.25. The first kappa shape index (κ1) is 21.0. The van der Waals surface area contributed by atoms with Crippen molar-refractivity contribution in [3.05, 3.63) is 46.0 Å². The summed E-state index contributed by atoms with van der Waals surface area (Å²) >= 11 is 2.38. The molecule has 3 aromatic heterocycles. The van der Waals surface area contributed by atoms with Crippen LogP contribution in [0.4, 0.5) is 0 Å². The van der Waals surface area contributed by atoms with E-state index in [-0.39, 0.29) is 16.7 Å². The molecule has 0 unspecified atom stereocenters. The van der Waals surface area contributed by atoms with E-state index in [9.17, 15) is 13.2 Å². The summed E-state index contributed by atoms with van der Waals surface area (Å²) in [5, 5.41) is 3.41. The number of hydrogen-bond donors (Lipinski definition) is 1. The molecule has 1 aliphatic heterocycles. The first-order valence-corrected chi connectivity index (χ1v) is 12.2. The van der Waals surface area contributed by atoms with Gasteiger partial charge in [-0.15, -0.1) is 22.7 Å². The molecule has 3 aromatic rings. The lowest BCUT2D eigenvalue weighted by Crippen LogP contribution is -2.40. The third-order valence-corrected chi connectivity index (χ3v) is 8.99. The lowest BCUT2D eigenvalue weighted by molar-refractivity contribution is 0.0731. The number of amides is 1. The summed E-state index contributed by atoms with van der Waals surface area (Å²) in [6.45, 7) is 3.50. The Morgan fingerprint density at radius 2 is 1.93 bits per heavy atom. The summed E-state index contributed by atoms with van der Waals surface area (Å²) in [4.78, 5) is 26.6. The number of nitrogens with zero attached hydrogens (tertiary/aromatic N) is 4. The zero-order valence-electron chi connectivity index (χ0n) is 16.1. The van der Waals surface area contributed by atoms with Gasteiger partial charge in [-0.3, -0.25) is 4.79 Å². The molecule has 12 heteroatoms. The predicted molar refractivity (Wildman–Crippen MR) is 113 cm³/mol. The number of nitrogens with one attached hydrogen (secondary N) is 1. The second kappa shape index (κ2) is 8.86. The predicted octanol–water partition coefficient (Wildman–Crippen LogP) is 1.92. The maximum absolute atomic E-state index is 12.7. The summed E-state index contributed by atoms with van der Waals surface area (Å²) < 4.78 is 32.4. The van der Waals surface area contributed by atoms with E-state index in [0.29, 0.717) is 47.7 Å². The largest absolute Gasteiger partial charge is 0.379 e. The third kappa shape index (κ3) is 4.42. The standard InChI is InChI=1S/C18H19N5O4S3/c1-12-15(29-18(22-12)16-19-5-2-6-20-16)17(24)21-11-13-3-4-14(28-13)30(25,26)23-7-9-27-10-8-23/h2-6H,7-11H2,1H3,(H,21,24). The summed E-state index contributed by atoms with van der Waals surface area (Å²) in [7, 11) is -3.53. The van der Waals surface area contributed by atoms with Crippen LogP contribution in [-0.4, -0.2) is 59.9 Å². The molecular weight excluding hydrogens is 446 g/mol. The quantitative estimate of drug-likeness (QED) is 0.591. The summed E-state index contributed by atoms with van der Waals surface area (Å²) in [6, 6.07) is 5.02. The van der Waals surface area contributed by atoms with Gasteiger partial charge in [0.05, 0.1) is 25.5 Å². The first-order chi connectivity index (χ1) is 14.4. The molecule has 4 rings (SSSR count). The molecule has 4 heterocycles. The minimum atomic E-state index is -3.53. The van der Waals surface area contributed by atoms with Gasteiger partial charge in [0, 0.05) is 30.4 Å². The third-order valence-electron chi connectivity index (χ3n) is 4.38. The Balaban J connectivity index is 1.42. The zero-order valence-corrected chi connectivity index (χ0v) is 18.5. The van der Waals surface area contributed by atoms with Crippen LogP contribution in [0, 0.1) is 6.92 Å². The number of aromatic nitrogens is 3. The van der Waals surface area contributed by atoms with Crippen molar-refractivity contribution in [3.63, 3.8) is 0 Å². The van der Waals surface area contributed by atoms with E-state index in [1.54, 1.807) is 37.5 Å². The van der Waals surface area contributed by atoms with E-state index in [2.05, 4.69) is 20.3 Å². The Bertz CT molecular complexity index is 1140. The number of carbonyl (C=O) groups is 1. The number of rotatable bonds is 6. The second-order valence-electron chi connectivity index (χ2n) is 6.43. The normalized spacial score (nSPS) is 15.2. The van der Waals surface area contributed by atoms with E-state index in [1.165, 1.54) is 15.6 Å². The highest BCUT2D eigenvalue weighted by Crippen LogP contribution is 2.27. The molecule has 1 aliphatic rings. The Morgan fingerprint density at radius 1 is 1.20 bits per heavy atom. The summed E-state index contributed by atoms with van der Waals surface area (Å²) in [5.74, 6) is 0.207. The molecular formula is C18H19N5O4S3. The van der Waals surface area contributed by atoms with Crippen molar-refractivity contribution in [1.29, 1.82) is 0 Å². The maximum atomic E-state index is 12.7. The number of morpholine rings is 1. The van der Waals surface area contributed by atoms with Gasteiger partial charge in [0.1, 0.15) is 9.09 Å². The van der Waals surface area contributed by atoms with Gasteiger partial charge in [0.25, 0.3) is 15.9 Å². The van der Waals surface area contributed by atoms with Crippen molar-refractivity contribution < 1.29 is 17.9 Å². The molecule has 1 N–H and O–H groups in total. The van der Waals surface area contributed by atoms with Gasteiger partial charge in [0.2, 0.25) is 0 Å². The lowest BCUT2D eigenvalue weighted by Gasteiger charge is -2.25. The number of ether oxygens (including phenoxy) is 1. The molecule has 1 amide bonds. The van der Waals surface area contributed by atoms with Crippen LogP contribution in [0.25, 0.3) is 10.8 Å². The summed E-state index contributed by atoms with van der Waals surface area (Å²) in [5.41, 5.74) is 0.599. The molecule has 0 saturated carbocycles. The molecule has 158 valence electrons. The van der Waals surface area contributed by atoms with Gasteiger partial charge in [0.15, 0.2) is 10.8 Å². The Morgan fingerprint density at radius 3 is 2.67 bits per heavy atom. The molecule has 30 heavy (non-hydrogen) atoms. The van der Waals surface area contributed by atoms with Crippen molar-refractivity contribution in [1.82, 2.24) is 24.6 Å². The molecule has 0 bridgehead atoms. The molecule has 1 fully saturated rings. The molecule has 0 aromatic carbocycles. The van der Waals surface area contributed by atoms with E-state index >= 15 is 0 Å². The SMILES string of the molecule is Cc1nc(-c2ncccn2)sc1C(=O)NCc1ccc(S(=O)(=O)N2CCOCC2)s1. The Kier molecular flexibility index (Phi) is 6.20. The number of sulfonamides is 1. The highest BCUT2D eigenvalue weighted by molar-refractivity contribution is 7.91. The van der Waals surface area contributed by atoms with Crippen molar-refractivity contribution in [2.45, 2.75) is 17.7 Å². The van der Waals surface area contributed by atoms with Crippen LogP contribution in [0.1, 0.15) is 20.2 Å². The van der Waals surface area contributed by atoms with Crippen molar-refractivity contribution in [2.75, 3.05) is 26.3 Å². The van der Waals surface area contributed by atoms with E-state index in [0.717, 1.165) is 16.2 Å². The maximum Gasteiger partial charge on any atom is 0.263 e. The fourth-order valence-corrected chi connectivity index (χ4v) is 6.65. The van der Waals surface area contributed by atoms with Gasteiger partial charge in [-0.05, 0) is 25.1 Å². The number of thiophene rings is 1. The smallest absolute Gasteiger partial charge is 0.263 e. The van der Waals surface area contributed by atoms with E-state index in [4.69, 9.17) is 4.74 Å². The van der Waals surface area contributed by atoms with Gasteiger partial charge < -0.3 is 10.1 Å². The van der Waals surface area contributed by atoms with Crippen LogP contribution >= 0.6 is 22.7 Å². The van der Waals surface area contributed by atoms with Gasteiger partial charge >= 0.3 is 0 Å². The second-order valence-corrected chi connectivity index (χ2v) is 10.8. The molecule has 0 aliphatic carbocycles. The molecule has 9 nitrogen and oxygen atoms in total. The van der Waals surface area contributed by atoms with Crippen LogP contribution in [0.5, 0.6) is 0 Å². The van der Waals surface area contributed by atoms with E-state index < -0.39 is 10.0 Å². The van der Waals surface area contributed by atoms with Gasteiger partial charge in [-0.1, -0.05) is 0 Å². The van der Waals surface area contributed by atoms with Crippen molar-refractivity contribution in [2.24, 2.45) is 0 Å². The topological polar surface area (TPSA) is 114 Å². The Labute approximate surface area is 181 Å². The van der Waals surface area contributed by atoms with Crippen LogP contribution in [0.2, 0.25) is 0 Å². The van der Waals surface area contributed by atoms with Gasteiger partial charge in [-0.2, -0.15) is 4.31 Å². The Hall–Kier alpha value is -2.25. The fourth-order valence-electron chi connectivity index (χ4n) is 2.87. The molecule has 1 saturated heterocycles. The van der Waals surface area contributed by atoms with Crippen LogP contribution in [-0.2, 0) is 21.3 Å². The van der Waals surface area contributed by atoms with Crippen molar-refractivity contribution in [3.8, 4) is 10.8 Å². The van der Waals surface area contributed by atoms with Crippen LogP contribution < -0.4 is 5.32 Å². The van der Waals surface area contributed by atoms with Crippen LogP contribution in [0.3, 0.4) is 0 Å². The molecule has 0 spiro atoms. The average Bonchev–Trinajstić information content (AvgIpc) is 3.41. The van der Waals surface area contributed by atoms with Crippen LogP contribution in [0.15, 0.2) is 34.8 Å². The minimum Gasteiger partial charge on any atom is -0.379 e. The fraction of sp³-hybridized carbons (Fsp3) is 0.333. The molecule has 0 radical (unpaired) electrons. The van der Waals surface area contributed by atoms with Crippen molar-refractivity contribution >= 4 is 38.6 Å². The number of carbonyl (C=O) groups excluding carboxylic acids is 1. The average molecular weight is 466 g/mol. The number of thiazole rings is 1. The first-order valence-electron chi connectivity index (χ1n) is 9.15. The van der Waals surface area contributed by atoms with Gasteiger partial charge in [-0.25, -0.2) is 23.4 Å².